The van der Waals surface area contributed by atoms with Gasteiger partial charge < -0.3 is 20.5 Å². The fraction of sp³-hybridized carbons (Fsp3) is 0.737. The molecule has 2 fully saturated rings. The third-order valence-corrected chi connectivity index (χ3v) is 5.86. The number of anilines is 1. The number of carbonyl (C=O) groups is 2. The summed E-state index contributed by atoms with van der Waals surface area (Å²) in [6.07, 6.45) is 6.31. The van der Waals surface area contributed by atoms with Gasteiger partial charge in [0, 0.05) is 38.7 Å². The van der Waals surface area contributed by atoms with Gasteiger partial charge in [0.05, 0.1) is 6.54 Å². The molecule has 3 rings (SSSR count). The lowest BCUT2D eigenvalue weighted by atomic mass is 9.71. The van der Waals surface area contributed by atoms with E-state index in [1.54, 1.807) is 13.0 Å². The van der Waals surface area contributed by atoms with E-state index < -0.39 is 0 Å². The quantitative estimate of drug-likeness (QED) is 0.776. The highest BCUT2D eigenvalue weighted by Gasteiger charge is 2.35. The second-order valence-electron chi connectivity index (χ2n) is 7.97. The first-order valence-electron chi connectivity index (χ1n) is 9.93. The molecule has 1 aromatic rings. The van der Waals surface area contributed by atoms with Gasteiger partial charge >= 0.3 is 0 Å². The van der Waals surface area contributed by atoms with Crippen LogP contribution >= 0.6 is 0 Å². The Hall–Kier alpha value is -1.93. The molecule has 0 unspecified atom stereocenters. The Morgan fingerprint density at radius 1 is 1.22 bits per heavy atom. The Kier molecular flexibility index (Phi) is 6.49. The summed E-state index contributed by atoms with van der Waals surface area (Å²) in [4.78, 5) is 28.9. The Balaban J connectivity index is 1.42. The average molecular weight is 377 g/mol. The summed E-state index contributed by atoms with van der Waals surface area (Å²) in [5.74, 6) is 1.19. The fourth-order valence-electron chi connectivity index (χ4n) is 4.15. The lowest BCUT2D eigenvalue weighted by molar-refractivity contribution is -0.136. The van der Waals surface area contributed by atoms with E-state index in [9.17, 15) is 9.59 Å². The van der Waals surface area contributed by atoms with E-state index >= 15 is 0 Å². The monoisotopic (exact) mass is 377 g/mol. The molecule has 150 valence electrons. The van der Waals surface area contributed by atoms with Gasteiger partial charge in [0.1, 0.15) is 5.76 Å². The largest absolute Gasteiger partial charge is 0.360 e. The number of amides is 2. The third-order valence-electron chi connectivity index (χ3n) is 5.86. The van der Waals surface area contributed by atoms with E-state index in [1.165, 1.54) is 19.3 Å². The van der Waals surface area contributed by atoms with Crippen molar-refractivity contribution < 1.29 is 14.1 Å². The van der Waals surface area contributed by atoms with E-state index in [1.807, 2.05) is 4.90 Å². The molecule has 27 heavy (non-hydrogen) atoms. The topological polar surface area (TPSA) is 105 Å². The van der Waals surface area contributed by atoms with Gasteiger partial charge in [-0.05, 0) is 31.7 Å². The van der Waals surface area contributed by atoms with Crippen LogP contribution in [0.4, 0.5) is 5.82 Å². The van der Waals surface area contributed by atoms with Crippen LogP contribution in [-0.2, 0) is 9.59 Å². The number of rotatable bonds is 6. The molecule has 2 aliphatic rings. The zero-order valence-corrected chi connectivity index (χ0v) is 16.2. The number of nitrogens with two attached hydrogens (primary N) is 1. The highest BCUT2D eigenvalue weighted by molar-refractivity contribution is 5.91. The second-order valence-corrected chi connectivity index (χ2v) is 7.97. The molecule has 0 atom stereocenters. The lowest BCUT2D eigenvalue weighted by Crippen LogP contribution is -2.51. The van der Waals surface area contributed by atoms with Gasteiger partial charge in [-0.3, -0.25) is 14.5 Å². The molecule has 0 aromatic carbocycles. The van der Waals surface area contributed by atoms with Crippen LogP contribution in [0.25, 0.3) is 0 Å². The van der Waals surface area contributed by atoms with Crippen molar-refractivity contribution in [3.05, 3.63) is 11.8 Å². The Labute approximate surface area is 160 Å². The van der Waals surface area contributed by atoms with E-state index in [4.69, 9.17) is 10.3 Å². The molecule has 8 heteroatoms. The summed E-state index contributed by atoms with van der Waals surface area (Å²) in [7, 11) is 0. The van der Waals surface area contributed by atoms with E-state index in [0.717, 1.165) is 12.8 Å². The molecule has 1 saturated heterocycles. The predicted octanol–water partition coefficient (Wildman–Crippen LogP) is 1.37. The number of nitrogens with one attached hydrogen (secondary N) is 1. The minimum atomic E-state index is -0.118. The van der Waals surface area contributed by atoms with Gasteiger partial charge in [0.2, 0.25) is 11.8 Å². The number of hydrogen-bond donors (Lipinski definition) is 2. The first-order chi connectivity index (χ1) is 13.0. The van der Waals surface area contributed by atoms with Crippen LogP contribution in [-0.4, -0.2) is 66.0 Å². The van der Waals surface area contributed by atoms with Crippen LogP contribution in [0.2, 0.25) is 0 Å². The first kappa shape index (κ1) is 19.8. The van der Waals surface area contributed by atoms with Crippen molar-refractivity contribution in [3.63, 3.8) is 0 Å². The van der Waals surface area contributed by atoms with E-state index in [0.29, 0.717) is 57.3 Å². The Morgan fingerprint density at radius 3 is 2.52 bits per heavy atom. The number of aromatic nitrogens is 1. The molecule has 1 aromatic heterocycles. The maximum atomic E-state index is 12.8. The molecule has 3 N–H and O–H groups in total. The van der Waals surface area contributed by atoms with Crippen molar-refractivity contribution in [1.29, 1.82) is 0 Å². The van der Waals surface area contributed by atoms with Crippen LogP contribution in [0.3, 0.4) is 0 Å². The summed E-state index contributed by atoms with van der Waals surface area (Å²) in [5.41, 5.74) is 6.02. The van der Waals surface area contributed by atoms with Gasteiger partial charge in [0.25, 0.3) is 0 Å². The van der Waals surface area contributed by atoms with Crippen molar-refractivity contribution in [2.45, 2.75) is 45.4 Å². The highest BCUT2D eigenvalue weighted by Crippen LogP contribution is 2.38. The normalized spacial score (nSPS) is 20.4. The minimum absolute atomic E-state index is 0.00206. The van der Waals surface area contributed by atoms with Crippen molar-refractivity contribution in [3.8, 4) is 0 Å². The summed E-state index contributed by atoms with van der Waals surface area (Å²) < 4.78 is 4.94. The zero-order valence-electron chi connectivity index (χ0n) is 16.2. The van der Waals surface area contributed by atoms with E-state index in [-0.39, 0.29) is 17.2 Å². The first-order valence-corrected chi connectivity index (χ1v) is 9.93. The third kappa shape index (κ3) is 5.29. The predicted molar refractivity (Wildman–Crippen MR) is 102 cm³/mol. The fourth-order valence-corrected chi connectivity index (χ4v) is 4.15. The van der Waals surface area contributed by atoms with Gasteiger partial charge in [-0.15, -0.1) is 0 Å². The summed E-state index contributed by atoms with van der Waals surface area (Å²) in [6, 6.07) is 1.69. The van der Waals surface area contributed by atoms with Gasteiger partial charge in [-0.1, -0.05) is 24.4 Å². The number of nitrogens with zero attached hydrogens (tertiary/aromatic N) is 3. The molecular formula is C19H31N5O3. The zero-order chi connectivity index (χ0) is 19.3. The Bertz CT molecular complexity index is 646. The molecule has 1 saturated carbocycles. The molecule has 0 bridgehead atoms. The average Bonchev–Trinajstić information content (AvgIpc) is 3.07. The SMILES string of the molecule is Cc1cc(NC(=O)CN2CCN(C(=O)CC3(CN)CCCCC3)CC2)no1. The summed E-state index contributed by atoms with van der Waals surface area (Å²) >= 11 is 0. The lowest BCUT2D eigenvalue weighted by Gasteiger charge is -2.39. The van der Waals surface area contributed by atoms with Crippen LogP contribution in [0.1, 0.15) is 44.3 Å². The molecule has 1 aliphatic carbocycles. The van der Waals surface area contributed by atoms with Crippen LogP contribution in [0, 0.1) is 12.3 Å². The number of piperazine rings is 1. The maximum absolute atomic E-state index is 12.8. The molecule has 1 aliphatic heterocycles. The molecule has 0 spiro atoms. The van der Waals surface area contributed by atoms with Crippen LogP contribution < -0.4 is 11.1 Å². The van der Waals surface area contributed by atoms with Crippen molar-refractivity contribution in [1.82, 2.24) is 15.0 Å². The Morgan fingerprint density at radius 2 is 1.93 bits per heavy atom. The van der Waals surface area contributed by atoms with Gasteiger partial charge in [-0.25, -0.2) is 0 Å². The molecular weight excluding hydrogens is 346 g/mol. The van der Waals surface area contributed by atoms with Crippen LogP contribution in [0.5, 0.6) is 0 Å². The molecule has 0 radical (unpaired) electrons. The molecule has 2 amide bonds. The van der Waals surface area contributed by atoms with E-state index in [2.05, 4.69) is 15.4 Å². The molecule has 2 heterocycles. The minimum Gasteiger partial charge on any atom is -0.360 e. The second kappa shape index (κ2) is 8.84. The van der Waals surface area contributed by atoms with Gasteiger partial charge in [0.15, 0.2) is 5.82 Å². The highest BCUT2D eigenvalue weighted by atomic mass is 16.5. The smallest absolute Gasteiger partial charge is 0.239 e. The number of aryl methyl sites for hydroxylation is 1. The summed E-state index contributed by atoms with van der Waals surface area (Å²) in [6.45, 7) is 5.40. The number of carbonyl (C=O) groups excluding carboxylic acids is 2. The van der Waals surface area contributed by atoms with Crippen molar-refractivity contribution in [2.75, 3.05) is 44.6 Å². The van der Waals surface area contributed by atoms with Crippen molar-refractivity contribution >= 4 is 17.6 Å². The summed E-state index contributed by atoms with van der Waals surface area (Å²) in [5, 5.41) is 6.50. The maximum Gasteiger partial charge on any atom is 0.239 e. The standard InChI is InChI=1S/C19H31N5O3/c1-15-11-16(22-27-15)21-17(25)13-23-7-9-24(10-8-23)18(26)12-19(14-20)5-3-2-4-6-19/h11H,2-10,12-14,20H2,1H3,(H,21,22,25). The van der Waals surface area contributed by atoms with Crippen molar-refractivity contribution in [2.24, 2.45) is 11.1 Å². The van der Waals surface area contributed by atoms with Gasteiger partial charge in [-0.2, -0.15) is 0 Å². The van der Waals surface area contributed by atoms with Crippen LogP contribution in [0.15, 0.2) is 10.6 Å². The molecule has 8 nitrogen and oxygen atoms in total. The number of hydrogen-bond acceptors (Lipinski definition) is 6.